The standard InChI is InChI=1S/C20H23N2O3P/c1-13-8-10-16(11-9-13)22-20(26(23)24-14(2)15(3)25-26)18-12-21-19-7-5-4-6-17(18)19/h4-12,14-15,20-22H,1-3H3/t14-,15-,20-/m0/s1. The summed E-state index contributed by atoms with van der Waals surface area (Å²) in [6.45, 7) is 5.82. The fourth-order valence-electron chi connectivity index (χ4n) is 3.24. The maximum Gasteiger partial charge on any atom is 0.358 e. The molecule has 2 aromatic carbocycles. The second-order valence-corrected chi connectivity index (χ2v) is 8.88. The highest BCUT2D eigenvalue weighted by Crippen LogP contribution is 2.66. The molecule has 1 aliphatic rings. The summed E-state index contributed by atoms with van der Waals surface area (Å²) >= 11 is 0. The van der Waals surface area contributed by atoms with Gasteiger partial charge < -0.3 is 19.3 Å². The van der Waals surface area contributed by atoms with Crippen molar-refractivity contribution in [2.75, 3.05) is 5.32 Å². The summed E-state index contributed by atoms with van der Waals surface area (Å²) in [5.41, 5.74) is 3.91. The first-order valence-electron chi connectivity index (χ1n) is 8.82. The van der Waals surface area contributed by atoms with Gasteiger partial charge in [-0.3, -0.25) is 4.57 Å². The third kappa shape index (κ3) is 3.07. The molecule has 0 aliphatic carbocycles. The number of fused-ring (bicyclic) bond motifs is 1. The van der Waals surface area contributed by atoms with Crippen molar-refractivity contribution < 1.29 is 13.6 Å². The maximum atomic E-state index is 13.6. The summed E-state index contributed by atoms with van der Waals surface area (Å²) < 4.78 is 25.3. The Hall–Kier alpha value is -2.07. The molecular formula is C20H23N2O3P. The summed E-state index contributed by atoms with van der Waals surface area (Å²) in [4.78, 5) is 3.25. The molecular weight excluding hydrogens is 347 g/mol. The Morgan fingerprint density at radius 3 is 2.38 bits per heavy atom. The van der Waals surface area contributed by atoms with Crippen LogP contribution in [0.3, 0.4) is 0 Å². The average molecular weight is 370 g/mol. The number of rotatable bonds is 4. The summed E-state index contributed by atoms with van der Waals surface area (Å²) in [5, 5.41) is 4.40. The van der Waals surface area contributed by atoms with Crippen LogP contribution in [0.15, 0.2) is 54.7 Å². The number of hydrogen-bond donors (Lipinski definition) is 2. The highest BCUT2D eigenvalue weighted by molar-refractivity contribution is 7.54. The first kappa shape index (κ1) is 17.3. The van der Waals surface area contributed by atoms with Gasteiger partial charge in [0.1, 0.15) is 0 Å². The lowest BCUT2D eigenvalue weighted by molar-refractivity contribution is 0.187. The summed E-state index contributed by atoms with van der Waals surface area (Å²) in [5.74, 6) is -0.589. The molecule has 0 spiro atoms. The van der Waals surface area contributed by atoms with Crippen LogP contribution in [0.2, 0.25) is 0 Å². The predicted octanol–water partition coefficient (Wildman–Crippen LogP) is 5.60. The molecule has 1 fully saturated rings. The van der Waals surface area contributed by atoms with Crippen LogP contribution in [0.5, 0.6) is 0 Å². The van der Waals surface area contributed by atoms with Crippen molar-refractivity contribution in [3.63, 3.8) is 0 Å². The van der Waals surface area contributed by atoms with Crippen LogP contribution in [-0.2, 0) is 13.6 Å². The van der Waals surface area contributed by atoms with Crippen molar-refractivity contribution in [1.82, 2.24) is 4.98 Å². The van der Waals surface area contributed by atoms with Crippen molar-refractivity contribution >= 4 is 24.2 Å². The highest BCUT2D eigenvalue weighted by atomic mass is 31.2. The predicted molar refractivity (Wildman–Crippen MR) is 105 cm³/mol. The Morgan fingerprint density at radius 2 is 1.69 bits per heavy atom. The number of nitrogens with one attached hydrogen (secondary N) is 2. The largest absolute Gasteiger partial charge is 0.368 e. The molecule has 0 radical (unpaired) electrons. The minimum atomic E-state index is -3.39. The van der Waals surface area contributed by atoms with E-state index in [0.717, 1.165) is 22.2 Å². The lowest BCUT2D eigenvalue weighted by atomic mass is 10.1. The van der Waals surface area contributed by atoms with Gasteiger partial charge in [-0.15, -0.1) is 0 Å². The Kier molecular flexibility index (Phi) is 4.39. The molecule has 136 valence electrons. The number of aromatic nitrogens is 1. The van der Waals surface area contributed by atoms with Crippen LogP contribution in [0.25, 0.3) is 10.9 Å². The van der Waals surface area contributed by atoms with E-state index >= 15 is 0 Å². The zero-order valence-electron chi connectivity index (χ0n) is 15.1. The van der Waals surface area contributed by atoms with E-state index in [1.165, 1.54) is 5.56 Å². The fraction of sp³-hybridized carbons (Fsp3) is 0.300. The van der Waals surface area contributed by atoms with E-state index in [0.29, 0.717) is 0 Å². The molecule has 0 amide bonds. The first-order chi connectivity index (χ1) is 12.5. The van der Waals surface area contributed by atoms with E-state index in [2.05, 4.69) is 10.3 Å². The molecule has 26 heavy (non-hydrogen) atoms. The lowest BCUT2D eigenvalue weighted by Crippen LogP contribution is -2.13. The Morgan fingerprint density at radius 1 is 1.04 bits per heavy atom. The maximum absolute atomic E-state index is 13.6. The topological polar surface area (TPSA) is 63.4 Å². The molecule has 6 heteroatoms. The van der Waals surface area contributed by atoms with Gasteiger partial charge in [0, 0.05) is 28.4 Å². The minimum Gasteiger partial charge on any atom is -0.368 e. The van der Waals surface area contributed by atoms with Crippen molar-refractivity contribution in [3.8, 4) is 0 Å². The van der Waals surface area contributed by atoms with Crippen LogP contribution < -0.4 is 5.32 Å². The number of anilines is 1. The van der Waals surface area contributed by atoms with Gasteiger partial charge in [0.25, 0.3) is 0 Å². The lowest BCUT2D eigenvalue weighted by Gasteiger charge is -2.24. The Balaban J connectivity index is 1.79. The van der Waals surface area contributed by atoms with Crippen LogP contribution in [0, 0.1) is 6.92 Å². The summed E-state index contributed by atoms with van der Waals surface area (Å²) in [6, 6.07) is 16.0. The molecule has 5 nitrogen and oxygen atoms in total. The zero-order chi connectivity index (χ0) is 18.3. The van der Waals surface area contributed by atoms with E-state index in [1.807, 2.05) is 75.5 Å². The molecule has 3 aromatic rings. The van der Waals surface area contributed by atoms with Crippen molar-refractivity contribution in [3.05, 3.63) is 65.9 Å². The monoisotopic (exact) mass is 370 g/mol. The van der Waals surface area contributed by atoms with Crippen molar-refractivity contribution in [2.45, 2.75) is 38.8 Å². The van der Waals surface area contributed by atoms with E-state index < -0.39 is 13.4 Å². The molecule has 0 bridgehead atoms. The average Bonchev–Trinajstić information content (AvgIpc) is 3.15. The molecule has 1 aromatic heterocycles. The molecule has 1 aliphatic heterocycles. The van der Waals surface area contributed by atoms with E-state index in [-0.39, 0.29) is 12.2 Å². The van der Waals surface area contributed by atoms with Crippen LogP contribution >= 0.6 is 7.60 Å². The van der Waals surface area contributed by atoms with Crippen LogP contribution in [0.4, 0.5) is 5.69 Å². The van der Waals surface area contributed by atoms with Crippen molar-refractivity contribution in [2.24, 2.45) is 0 Å². The van der Waals surface area contributed by atoms with Crippen molar-refractivity contribution in [1.29, 1.82) is 0 Å². The Bertz CT molecular complexity index is 953. The van der Waals surface area contributed by atoms with Gasteiger partial charge >= 0.3 is 7.60 Å². The first-order valence-corrected chi connectivity index (χ1v) is 10.4. The van der Waals surface area contributed by atoms with Crippen LogP contribution in [0.1, 0.15) is 30.8 Å². The van der Waals surface area contributed by atoms with Gasteiger partial charge in [-0.2, -0.15) is 0 Å². The SMILES string of the molecule is Cc1ccc(N[C@H](c2c[nH]c3ccccc23)P2(=O)O[C@@H](C)[C@H](C)O2)cc1. The van der Waals surface area contributed by atoms with Gasteiger partial charge in [-0.05, 0) is 39.0 Å². The third-order valence-corrected chi connectivity index (χ3v) is 7.17. The van der Waals surface area contributed by atoms with Gasteiger partial charge in [0.05, 0.1) is 12.2 Å². The molecule has 3 atom stereocenters. The third-order valence-electron chi connectivity index (χ3n) is 4.87. The smallest absolute Gasteiger partial charge is 0.358 e. The fourth-order valence-corrected chi connectivity index (χ4v) is 5.66. The molecule has 2 heterocycles. The highest BCUT2D eigenvalue weighted by Gasteiger charge is 2.47. The molecule has 4 rings (SSSR count). The zero-order valence-corrected chi connectivity index (χ0v) is 16.0. The van der Waals surface area contributed by atoms with E-state index in [9.17, 15) is 4.57 Å². The molecule has 0 unspecified atom stereocenters. The Labute approximate surface area is 153 Å². The quantitative estimate of drug-likeness (QED) is 0.587. The van der Waals surface area contributed by atoms with Gasteiger partial charge in [0.2, 0.25) is 0 Å². The number of aromatic amines is 1. The number of H-pyrrole nitrogens is 1. The number of benzene rings is 2. The molecule has 1 saturated heterocycles. The van der Waals surface area contributed by atoms with Gasteiger partial charge in [-0.1, -0.05) is 35.9 Å². The molecule has 0 saturated carbocycles. The summed E-state index contributed by atoms with van der Waals surface area (Å²) in [6.07, 6.45) is 1.46. The van der Waals surface area contributed by atoms with E-state index in [1.54, 1.807) is 0 Å². The number of hydrogen-bond acceptors (Lipinski definition) is 4. The van der Waals surface area contributed by atoms with E-state index in [4.69, 9.17) is 9.05 Å². The number of para-hydroxylation sites is 1. The second kappa shape index (κ2) is 6.58. The number of aryl methyl sites for hydroxylation is 1. The normalized spacial score (nSPS) is 23.2. The second-order valence-electron chi connectivity index (χ2n) is 6.86. The molecule has 2 N–H and O–H groups in total. The minimum absolute atomic E-state index is 0.214. The van der Waals surface area contributed by atoms with Gasteiger partial charge in [0.15, 0.2) is 5.78 Å². The van der Waals surface area contributed by atoms with Crippen LogP contribution in [-0.4, -0.2) is 17.2 Å². The summed E-state index contributed by atoms with van der Waals surface area (Å²) in [7, 11) is -3.39. The van der Waals surface area contributed by atoms with Gasteiger partial charge in [-0.25, -0.2) is 0 Å².